The van der Waals surface area contributed by atoms with Crippen molar-refractivity contribution < 1.29 is 4.79 Å². The van der Waals surface area contributed by atoms with Gasteiger partial charge in [-0.05, 0) is 23.8 Å². The monoisotopic (exact) mass is 409 g/mol. The molecule has 0 fully saturated rings. The summed E-state index contributed by atoms with van der Waals surface area (Å²) in [5.74, 6) is 0.309. The molecule has 2 atom stereocenters. The van der Waals surface area contributed by atoms with E-state index in [4.69, 9.17) is 4.98 Å². The molecule has 5 nitrogen and oxygen atoms in total. The average Bonchev–Trinajstić information content (AvgIpc) is 2.66. The molecule has 0 unspecified atom stereocenters. The third-order valence-corrected chi connectivity index (χ3v) is 6.87. The summed E-state index contributed by atoms with van der Waals surface area (Å²) in [4.78, 5) is 34.0. The highest BCUT2D eigenvalue weighted by Crippen LogP contribution is 2.47. The number of aromatic amines is 1. The molecule has 1 aliphatic carbocycles. The van der Waals surface area contributed by atoms with Crippen LogP contribution in [-0.2, 0) is 4.79 Å². The number of carbonyl (C=O) groups excluding carboxylic acids is 1. The van der Waals surface area contributed by atoms with E-state index in [1.807, 2.05) is 30.3 Å². The van der Waals surface area contributed by atoms with Gasteiger partial charge in [0.15, 0.2) is 10.9 Å². The molecule has 29 heavy (non-hydrogen) atoms. The maximum absolute atomic E-state index is 13.2. The minimum atomic E-state index is -0.384. The molecular formula is C23H27N3O2S. The van der Waals surface area contributed by atoms with E-state index in [1.54, 1.807) is 11.8 Å². The second-order valence-electron chi connectivity index (χ2n) is 8.77. The van der Waals surface area contributed by atoms with E-state index < -0.39 is 0 Å². The zero-order chi connectivity index (χ0) is 20.8. The number of anilines is 1. The van der Waals surface area contributed by atoms with Crippen LogP contribution in [0.4, 0.5) is 5.82 Å². The Morgan fingerprint density at radius 3 is 2.62 bits per heavy atom. The lowest BCUT2D eigenvalue weighted by Gasteiger charge is -2.38. The molecule has 2 aromatic rings. The van der Waals surface area contributed by atoms with E-state index in [9.17, 15) is 9.59 Å². The number of rotatable bonds is 4. The van der Waals surface area contributed by atoms with Crippen molar-refractivity contribution in [1.29, 1.82) is 0 Å². The van der Waals surface area contributed by atoms with Crippen LogP contribution in [0.15, 0.2) is 51.6 Å². The van der Waals surface area contributed by atoms with Crippen molar-refractivity contribution in [3.63, 3.8) is 0 Å². The molecule has 2 aliphatic rings. The van der Waals surface area contributed by atoms with Crippen molar-refractivity contribution in [2.75, 3.05) is 5.32 Å². The summed E-state index contributed by atoms with van der Waals surface area (Å²) < 4.78 is 0. The van der Waals surface area contributed by atoms with Crippen molar-refractivity contribution in [3.8, 4) is 0 Å². The molecule has 4 rings (SSSR count). The molecule has 0 bridgehead atoms. The van der Waals surface area contributed by atoms with Gasteiger partial charge in [-0.3, -0.25) is 9.59 Å². The number of hydrogen-bond donors (Lipinski definition) is 2. The van der Waals surface area contributed by atoms with Gasteiger partial charge >= 0.3 is 0 Å². The van der Waals surface area contributed by atoms with Gasteiger partial charge in [-0.25, -0.2) is 4.98 Å². The van der Waals surface area contributed by atoms with Crippen molar-refractivity contribution in [2.24, 2.45) is 5.41 Å². The van der Waals surface area contributed by atoms with Crippen LogP contribution in [0.3, 0.4) is 0 Å². The zero-order valence-electron chi connectivity index (χ0n) is 17.3. The van der Waals surface area contributed by atoms with E-state index in [-0.39, 0.29) is 22.7 Å². The zero-order valence-corrected chi connectivity index (χ0v) is 18.2. The van der Waals surface area contributed by atoms with Gasteiger partial charge in [0.05, 0.1) is 5.56 Å². The normalized spacial score (nSPS) is 21.2. The lowest BCUT2D eigenvalue weighted by molar-refractivity contribution is -0.118. The smallest absolute Gasteiger partial charge is 0.257 e. The van der Waals surface area contributed by atoms with Crippen molar-refractivity contribution in [2.45, 2.75) is 63.3 Å². The van der Waals surface area contributed by atoms with Gasteiger partial charge in [0, 0.05) is 28.9 Å². The van der Waals surface area contributed by atoms with E-state index in [1.165, 1.54) is 0 Å². The molecule has 152 valence electrons. The molecule has 2 N–H and O–H groups in total. The fraction of sp³-hybridized carbons (Fsp3) is 0.435. The fourth-order valence-electron chi connectivity index (χ4n) is 4.20. The second-order valence-corrected chi connectivity index (χ2v) is 10.2. The maximum Gasteiger partial charge on any atom is 0.257 e. The van der Waals surface area contributed by atoms with Gasteiger partial charge in [0.25, 0.3) is 5.56 Å². The number of thioether (sulfide) groups is 1. The number of hydrogen-bond acceptors (Lipinski definition) is 5. The highest BCUT2D eigenvalue weighted by Gasteiger charge is 2.42. The first-order valence-corrected chi connectivity index (χ1v) is 11.1. The number of allylic oxidation sites excluding steroid dienone is 2. The number of nitrogens with zero attached hydrogens (tertiary/aromatic N) is 1. The molecular weight excluding hydrogens is 382 g/mol. The number of aromatic nitrogens is 2. The van der Waals surface area contributed by atoms with Gasteiger partial charge in [0.1, 0.15) is 5.82 Å². The van der Waals surface area contributed by atoms with E-state index in [0.29, 0.717) is 28.2 Å². The maximum atomic E-state index is 13.2. The Kier molecular flexibility index (Phi) is 5.15. The minimum absolute atomic E-state index is 0.112. The molecule has 6 heteroatoms. The first kappa shape index (κ1) is 20.0. The molecule has 0 saturated heterocycles. The van der Waals surface area contributed by atoms with E-state index >= 15 is 0 Å². The number of H-pyrrole nitrogens is 1. The first-order valence-electron chi connectivity index (χ1n) is 10.2. The largest absolute Gasteiger partial charge is 0.343 e. The molecule has 1 aromatic carbocycles. The van der Waals surface area contributed by atoms with Crippen LogP contribution in [0.2, 0.25) is 0 Å². The number of carbonyl (C=O) groups is 1. The lowest BCUT2D eigenvalue weighted by atomic mass is 9.69. The summed E-state index contributed by atoms with van der Waals surface area (Å²) >= 11 is 1.57. The number of benzene rings is 1. The summed E-state index contributed by atoms with van der Waals surface area (Å²) in [7, 11) is 0. The first-order chi connectivity index (χ1) is 13.8. The van der Waals surface area contributed by atoms with Gasteiger partial charge in [-0.15, -0.1) is 0 Å². The highest BCUT2D eigenvalue weighted by atomic mass is 32.2. The van der Waals surface area contributed by atoms with Gasteiger partial charge in [-0.2, -0.15) is 0 Å². The van der Waals surface area contributed by atoms with Crippen LogP contribution >= 0.6 is 11.8 Å². The van der Waals surface area contributed by atoms with Crippen LogP contribution in [0.1, 0.15) is 64.0 Å². The van der Waals surface area contributed by atoms with Crippen molar-refractivity contribution >= 4 is 23.4 Å². The summed E-state index contributed by atoms with van der Waals surface area (Å²) in [6.45, 7) is 8.45. The predicted molar refractivity (Wildman–Crippen MR) is 117 cm³/mol. The molecule has 2 heterocycles. The van der Waals surface area contributed by atoms with Crippen LogP contribution < -0.4 is 10.9 Å². The predicted octanol–water partition coefficient (Wildman–Crippen LogP) is 4.86. The number of nitrogens with one attached hydrogen (secondary N) is 2. The second kappa shape index (κ2) is 7.48. The quantitative estimate of drug-likeness (QED) is 0.557. The Hall–Kier alpha value is -2.34. The highest BCUT2D eigenvalue weighted by molar-refractivity contribution is 7.99. The van der Waals surface area contributed by atoms with Gasteiger partial charge in [0.2, 0.25) is 0 Å². The van der Waals surface area contributed by atoms with Crippen molar-refractivity contribution in [3.05, 3.63) is 63.1 Å². The molecule has 0 spiro atoms. The number of fused-ring (bicyclic) bond motifs is 1. The standard InChI is InChI=1S/C23H27N3O2S/c1-5-13(2)29-22-25-20-19(21(28)26-22)17(14-9-7-6-8-10-14)18-15(24-20)11-23(3,4)12-16(18)27/h6-10,13,17H,5,11-12H2,1-4H3,(H2,24,25,26,28)/t13-,17+/m0/s1. The van der Waals surface area contributed by atoms with Crippen LogP contribution in [0.25, 0.3) is 0 Å². The summed E-state index contributed by atoms with van der Waals surface area (Å²) in [5, 5.41) is 4.35. The molecule has 1 aliphatic heterocycles. The molecule has 0 saturated carbocycles. The number of ketones is 1. The topological polar surface area (TPSA) is 74.8 Å². The molecule has 0 amide bonds. The van der Waals surface area contributed by atoms with Gasteiger partial charge < -0.3 is 10.3 Å². The number of Topliss-reactive ketones (excluding diaryl/α,β-unsaturated/α-hetero) is 1. The SMILES string of the molecule is CC[C@H](C)Sc1nc2c(c(=O)[nH]1)[C@H](c1ccccc1)C1=C(CC(C)(C)CC1=O)N2. The summed E-state index contributed by atoms with van der Waals surface area (Å²) in [5.41, 5.74) is 2.83. The fourth-order valence-corrected chi connectivity index (χ4v) is 5.05. The van der Waals surface area contributed by atoms with Gasteiger partial charge in [-0.1, -0.05) is 69.8 Å². The summed E-state index contributed by atoms with van der Waals surface area (Å²) in [6.07, 6.45) is 2.24. The molecule has 0 radical (unpaired) electrons. The average molecular weight is 410 g/mol. The van der Waals surface area contributed by atoms with Crippen molar-refractivity contribution in [1.82, 2.24) is 9.97 Å². The Bertz CT molecular complexity index is 1040. The Balaban J connectivity index is 1.90. The third kappa shape index (κ3) is 3.78. The minimum Gasteiger partial charge on any atom is -0.343 e. The summed E-state index contributed by atoms with van der Waals surface area (Å²) in [6, 6.07) is 9.81. The van der Waals surface area contributed by atoms with Crippen LogP contribution in [0, 0.1) is 5.41 Å². The Morgan fingerprint density at radius 1 is 1.21 bits per heavy atom. The lowest BCUT2D eigenvalue weighted by Crippen LogP contribution is -2.37. The van der Waals surface area contributed by atoms with E-state index in [0.717, 1.165) is 29.7 Å². The third-order valence-electron chi connectivity index (χ3n) is 5.72. The van der Waals surface area contributed by atoms with Crippen LogP contribution in [-0.4, -0.2) is 21.0 Å². The van der Waals surface area contributed by atoms with E-state index in [2.05, 4.69) is 38.0 Å². The molecule has 1 aromatic heterocycles. The van der Waals surface area contributed by atoms with Crippen LogP contribution in [0.5, 0.6) is 0 Å². The Labute approximate surface area is 175 Å². The Morgan fingerprint density at radius 2 is 1.93 bits per heavy atom.